The Bertz CT molecular complexity index is 824. The summed E-state index contributed by atoms with van der Waals surface area (Å²) in [5, 5.41) is 10.1. The first-order valence-corrected chi connectivity index (χ1v) is 8.13. The lowest BCUT2D eigenvalue weighted by Gasteiger charge is -2.08. The fourth-order valence-corrected chi connectivity index (χ4v) is 2.86. The third-order valence-electron chi connectivity index (χ3n) is 3.65. The number of aromatic nitrogens is 1. The SMILES string of the molecule is O=C(O)c1ccc(OCCCn2ccc3cc(Br)ccc32)cc1. The molecule has 0 aliphatic carbocycles. The van der Waals surface area contributed by atoms with Crippen LogP contribution in [0, 0.1) is 0 Å². The second-order valence-corrected chi connectivity index (χ2v) is 6.16. The lowest BCUT2D eigenvalue weighted by molar-refractivity contribution is 0.0697. The summed E-state index contributed by atoms with van der Waals surface area (Å²) >= 11 is 3.48. The van der Waals surface area contributed by atoms with Crippen molar-refractivity contribution in [3.05, 3.63) is 64.8 Å². The number of aromatic carboxylic acids is 1. The Morgan fingerprint density at radius 2 is 1.91 bits per heavy atom. The van der Waals surface area contributed by atoms with Crippen LogP contribution in [0.25, 0.3) is 10.9 Å². The first-order valence-electron chi connectivity index (χ1n) is 7.34. The molecule has 0 saturated heterocycles. The molecule has 2 aromatic carbocycles. The quantitative estimate of drug-likeness (QED) is 0.643. The summed E-state index contributed by atoms with van der Waals surface area (Å²) in [5.74, 6) is -0.237. The topological polar surface area (TPSA) is 51.5 Å². The number of carboxylic acids is 1. The van der Waals surface area contributed by atoms with Crippen molar-refractivity contribution in [2.45, 2.75) is 13.0 Å². The third-order valence-corrected chi connectivity index (χ3v) is 4.14. The highest BCUT2D eigenvalue weighted by Crippen LogP contribution is 2.21. The first-order chi connectivity index (χ1) is 11.1. The summed E-state index contributed by atoms with van der Waals surface area (Å²) in [6, 6.07) is 14.8. The van der Waals surface area contributed by atoms with Crippen molar-refractivity contribution in [1.82, 2.24) is 4.57 Å². The molecule has 4 nitrogen and oxygen atoms in total. The first kappa shape index (κ1) is 15.6. The molecule has 0 unspecified atom stereocenters. The van der Waals surface area contributed by atoms with E-state index in [1.807, 2.05) is 6.07 Å². The number of hydrogen-bond acceptors (Lipinski definition) is 2. The van der Waals surface area contributed by atoms with E-state index in [9.17, 15) is 4.79 Å². The summed E-state index contributed by atoms with van der Waals surface area (Å²) in [4.78, 5) is 10.8. The van der Waals surface area contributed by atoms with Crippen LogP contribution in [0.4, 0.5) is 0 Å². The van der Waals surface area contributed by atoms with Crippen molar-refractivity contribution >= 4 is 32.8 Å². The molecule has 0 bridgehead atoms. The molecule has 0 radical (unpaired) electrons. The lowest BCUT2D eigenvalue weighted by Crippen LogP contribution is -2.04. The van der Waals surface area contributed by atoms with Gasteiger partial charge in [0.25, 0.3) is 0 Å². The third kappa shape index (κ3) is 3.74. The van der Waals surface area contributed by atoms with Gasteiger partial charge >= 0.3 is 5.97 Å². The number of hydrogen-bond donors (Lipinski definition) is 1. The van der Waals surface area contributed by atoms with Gasteiger partial charge in [-0.1, -0.05) is 15.9 Å². The normalized spacial score (nSPS) is 10.8. The lowest BCUT2D eigenvalue weighted by atomic mass is 10.2. The molecule has 0 spiro atoms. The predicted molar refractivity (Wildman–Crippen MR) is 93.2 cm³/mol. The Balaban J connectivity index is 1.53. The van der Waals surface area contributed by atoms with Gasteiger partial charge in [0.2, 0.25) is 0 Å². The number of rotatable bonds is 6. The fraction of sp³-hybridized carbons (Fsp3) is 0.167. The Labute approximate surface area is 142 Å². The molecule has 1 N–H and O–H groups in total. The molecule has 3 rings (SSSR count). The number of ether oxygens (including phenoxy) is 1. The van der Waals surface area contributed by atoms with Crippen molar-refractivity contribution in [1.29, 1.82) is 0 Å². The largest absolute Gasteiger partial charge is 0.494 e. The zero-order valence-corrected chi connectivity index (χ0v) is 14.0. The highest BCUT2D eigenvalue weighted by Gasteiger charge is 2.03. The second-order valence-electron chi connectivity index (χ2n) is 5.24. The van der Waals surface area contributed by atoms with Gasteiger partial charge in [0.15, 0.2) is 0 Å². The Morgan fingerprint density at radius 1 is 1.13 bits per heavy atom. The van der Waals surface area contributed by atoms with Gasteiger partial charge in [-0.05, 0) is 55.0 Å². The summed E-state index contributed by atoms with van der Waals surface area (Å²) in [6.07, 6.45) is 2.96. The van der Waals surface area contributed by atoms with Crippen LogP contribution >= 0.6 is 15.9 Å². The van der Waals surface area contributed by atoms with Gasteiger partial charge < -0.3 is 14.4 Å². The highest BCUT2D eigenvalue weighted by atomic mass is 79.9. The van der Waals surface area contributed by atoms with E-state index in [4.69, 9.17) is 9.84 Å². The number of halogens is 1. The molecule has 0 aliphatic rings. The summed E-state index contributed by atoms with van der Waals surface area (Å²) in [7, 11) is 0. The van der Waals surface area contributed by atoms with Gasteiger partial charge in [0.1, 0.15) is 5.75 Å². The zero-order chi connectivity index (χ0) is 16.2. The Morgan fingerprint density at radius 3 is 2.65 bits per heavy atom. The summed E-state index contributed by atoms with van der Waals surface area (Å²) in [5.41, 5.74) is 1.47. The fourth-order valence-electron chi connectivity index (χ4n) is 2.48. The van der Waals surface area contributed by atoms with E-state index < -0.39 is 5.97 Å². The van der Waals surface area contributed by atoms with Crippen molar-refractivity contribution in [2.24, 2.45) is 0 Å². The van der Waals surface area contributed by atoms with Crippen LogP contribution < -0.4 is 4.74 Å². The van der Waals surface area contributed by atoms with E-state index in [1.54, 1.807) is 24.3 Å². The highest BCUT2D eigenvalue weighted by molar-refractivity contribution is 9.10. The smallest absolute Gasteiger partial charge is 0.335 e. The van der Waals surface area contributed by atoms with Gasteiger partial charge in [-0.15, -0.1) is 0 Å². The zero-order valence-electron chi connectivity index (χ0n) is 12.4. The maximum atomic E-state index is 10.8. The van der Waals surface area contributed by atoms with Crippen LogP contribution in [-0.2, 0) is 6.54 Å². The van der Waals surface area contributed by atoms with E-state index in [1.165, 1.54) is 10.9 Å². The molecule has 0 saturated carbocycles. The number of nitrogens with zero attached hydrogens (tertiary/aromatic N) is 1. The number of carboxylic acid groups (broad SMARTS) is 1. The second kappa shape index (κ2) is 6.87. The van der Waals surface area contributed by atoms with Gasteiger partial charge in [0, 0.05) is 28.1 Å². The molecule has 5 heteroatoms. The van der Waals surface area contributed by atoms with Crippen molar-refractivity contribution in [2.75, 3.05) is 6.61 Å². The summed E-state index contributed by atoms with van der Waals surface area (Å²) < 4.78 is 8.94. The minimum atomic E-state index is -0.928. The maximum absolute atomic E-state index is 10.8. The van der Waals surface area contributed by atoms with Gasteiger partial charge in [-0.2, -0.15) is 0 Å². The predicted octanol–water partition coefficient (Wildman–Crippen LogP) is 4.57. The Hall–Kier alpha value is -2.27. The number of carbonyl (C=O) groups is 1. The molecular weight excluding hydrogens is 358 g/mol. The molecule has 3 aromatic rings. The summed E-state index contributed by atoms with van der Waals surface area (Å²) in [6.45, 7) is 1.46. The van der Waals surface area contributed by atoms with E-state index >= 15 is 0 Å². The van der Waals surface area contributed by atoms with Crippen molar-refractivity contribution < 1.29 is 14.6 Å². The van der Waals surface area contributed by atoms with E-state index in [0.717, 1.165) is 17.4 Å². The van der Waals surface area contributed by atoms with Crippen LogP contribution in [0.3, 0.4) is 0 Å². The molecule has 0 atom stereocenters. The molecule has 0 fully saturated rings. The number of aryl methyl sites for hydroxylation is 1. The number of benzene rings is 2. The molecular formula is C18H16BrNO3. The number of fused-ring (bicyclic) bond motifs is 1. The average molecular weight is 374 g/mol. The van der Waals surface area contributed by atoms with Crippen LogP contribution in [0.15, 0.2) is 59.2 Å². The standard InChI is InChI=1S/C18H16BrNO3/c19-15-4-7-17-14(12-15)8-10-20(17)9-1-11-23-16-5-2-13(3-6-16)18(21)22/h2-8,10,12H,1,9,11H2,(H,21,22). The van der Waals surface area contributed by atoms with Gasteiger partial charge in [-0.25, -0.2) is 4.79 Å². The van der Waals surface area contributed by atoms with Gasteiger partial charge in [-0.3, -0.25) is 0 Å². The molecule has 23 heavy (non-hydrogen) atoms. The molecule has 1 heterocycles. The van der Waals surface area contributed by atoms with Crippen LogP contribution in [0.5, 0.6) is 5.75 Å². The monoisotopic (exact) mass is 373 g/mol. The Kier molecular flexibility index (Phi) is 4.67. The van der Waals surface area contributed by atoms with E-state index in [0.29, 0.717) is 12.4 Å². The van der Waals surface area contributed by atoms with Crippen molar-refractivity contribution in [3.63, 3.8) is 0 Å². The van der Waals surface area contributed by atoms with Gasteiger partial charge in [0.05, 0.1) is 12.2 Å². The molecule has 1 aromatic heterocycles. The average Bonchev–Trinajstić information content (AvgIpc) is 2.94. The maximum Gasteiger partial charge on any atom is 0.335 e. The van der Waals surface area contributed by atoms with Crippen LogP contribution in [-0.4, -0.2) is 22.2 Å². The minimum absolute atomic E-state index is 0.266. The van der Waals surface area contributed by atoms with Crippen LogP contribution in [0.1, 0.15) is 16.8 Å². The van der Waals surface area contributed by atoms with Crippen molar-refractivity contribution in [3.8, 4) is 5.75 Å². The molecule has 118 valence electrons. The van der Waals surface area contributed by atoms with E-state index in [2.05, 4.69) is 44.9 Å². The van der Waals surface area contributed by atoms with E-state index in [-0.39, 0.29) is 5.56 Å². The minimum Gasteiger partial charge on any atom is -0.494 e. The molecule has 0 aliphatic heterocycles. The van der Waals surface area contributed by atoms with Crippen LogP contribution in [0.2, 0.25) is 0 Å². The molecule has 0 amide bonds.